The Morgan fingerprint density at radius 2 is 1.65 bits per heavy atom. The minimum absolute atomic E-state index is 0.107. The van der Waals surface area contributed by atoms with Crippen molar-refractivity contribution in [2.75, 3.05) is 0 Å². The van der Waals surface area contributed by atoms with Gasteiger partial charge in [0, 0.05) is 30.5 Å². The number of ether oxygens (including phenoxy) is 1. The number of fused-ring (bicyclic) bond motifs is 1. The first kappa shape index (κ1) is 16.3. The average Bonchev–Trinajstić information content (AvgIpc) is 2.68. The number of aryl methyl sites for hydroxylation is 1. The van der Waals surface area contributed by atoms with Crippen LogP contribution < -0.4 is 4.74 Å². The second-order valence-corrected chi connectivity index (χ2v) is 6.35. The Morgan fingerprint density at radius 3 is 2.46 bits per heavy atom. The van der Waals surface area contributed by atoms with Crippen molar-refractivity contribution in [3.8, 4) is 16.9 Å². The molecule has 2 aromatic carbocycles. The molecule has 1 heterocycles. The Hall–Kier alpha value is -3.20. The molecule has 128 valence electrons. The molecule has 3 heteroatoms. The van der Waals surface area contributed by atoms with Crippen LogP contribution in [0.25, 0.3) is 16.9 Å². The predicted molar refractivity (Wildman–Crippen MR) is 103 cm³/mol. The first-order valence-electron chi connectivity index (χ1n) is 8.81. The van der Waals surface area contributed by atoms with Crippen LogP contribution in [0.15, 0.2) is 79.1 Å². The first-order valence-corrected chi connectivity index (χ1v) is 8.81. The molecule has 0 N–H and O–H groups in total. The molecule has 0 saturated carbocycles. The van der Waals surface area contributed by atoms with Gasteiger partial charge in [-0.15, -0.1) is 0 Å². The number of carbonyl (C=O) groups is 1. The molecular formula is C23H19NO2. The number of hydrogen-bond donors (Lipinski definition) is 0. The van der Waals surface area contributed by atoms with Gasteiger partial charge < -0.3 is 4.74 Å². The zero-order chi connectivity index (χ0) is 17.8. The Bertz CT molecular complexity index is 946. The second kappa shape index (κ2) is 7.36. The van der Waals surface area contributed by atoms with Gasteiger partial charge in [0.05, 0.1) is 0 Å². The largest absolute Gasteiger partial charge is 0.457 e. The zero-order valence-corrected chi connectivity index (χ0v) is 14.4. The van der Waals surface area contributed by atoms with Crippen LogP contribution in [0.4, 0.5) is 0 Å². The van der Waals surface area contributed by atoms with Crippen LogP contribution in [0, 0.1) is 0 Å². The van der Waals surface area contributed by atoms with Gasteiger partial charge in [0.15, 0.2) is 5.78 Å². The summed E-state index contributed by atoms with van der Waals surface area (Å²) in [5, 5.41) is 0. The molecule has 4 rings (SSSR count). The standard InChI is InChI=1S/C23H19NO2/c25-20-6-4-5-18-9-10-19(17-11-13-24-14-12-17)15-22(18)23(16-20)26-21-7-2-1-3-8-21/h1-3,7-16H,4-6H2. The lowest BCUT2D eigenvalue weighted by atomic mass is 9.92. The molecule has 1 aliphatic carbocycles. The van der Waals surface area contributed by atoms with E-state index >= 15 is 0 Å². The zero-order valence-electron chi connectivity index (χ0n) is 14.4. The van der Waals surface area contributed by atoms with E-state index in [9.17, 15) is 4.79 Å². The number of para-hydroxylation sites is 1. The number of nitrogens with zero attached hydrogens (tertiary/aromatic N) is 1. The minimum Gasteiger partial charge on any atom is -0.457 e. The van der Waals surface area contributed by atoms with Gasteiger partial charge in [-0.05, 0) is 59.9 Å². The predicted octanol–water partition coefficient (Wildman–Crippen LogP) is 5.07. The summed E-state index contributed by atoms with van der Waals surface area (Å²) >= 11 is 0. The monoisotopic (exact) mass is 341 g/mol. The quantitative estimate of drug-likeness (QED) is 0.667. The Morgan fingerprint density at radius 1 is 0.846 bits per heavy atom. The molecular weight excluding hydrogens is 322 g/mol. The number of benzene rings is 2. The highest BCUT2D eigenvalue weighted by Crippen LogP contribution is 2.31. The molecule has 3 nitrogen and oxygen atoms in total. The van der Waals surface area contributed by atoms with Gasteiger partial charge in [0.1, 0.15) is 11.5 Å². The van der Waals surface area contributed by atoms with Crippen molar-refractivity contribution in [1.29, 1.82) is 0 Å². The van der Waals surface area contributed by atoms with Crippen LogP contribution in [0.5, 0.6) is 5.75 Å². The Balaban J connectivity index is 1.80. The van der Waals surface area contributed by atoms with Gasteiger partial charge in [-0.1, -0.05) is 30.3 Å². The summed E-state index contributed by atoms with van der Waals surface area (Å²) in [4.78, 5) is 16.3. The fraction of sp³-hybridized carbons (Fsp3) is 0.130. The summed E-state index contributed by atoms with van der Waals surface area (Å²) < 4.78 is 6.11. The molecule has 1 aromatic heterocycles. The highest BCUT2D eigenvalue weighted by Gasteiger charge is 2.17. The van der Waals surface area contributed by atoms with E-state index < -0.39 is 0 Å². The fourth-order valence-corrected chi connectivity index (χ4v) is 3.20. The topological polar surface area (TPSA) is 39.2 Å². The molecule has 3 aromatic rings. The van der Waals surface area contributed by atoms with Crippen LogP contribution in [0.2, 0.25) is 0 Å². The number of ketones is 1. The third kappa shape index (κ3) is 3.57. The van der Waals surface area contributed by atoms with E-state index in [0.29, 0.717) is 12.2 Å². The van der Waals surface area contributed by atoms with Crippen LogP contribution in [0.1, 0.15) is 24.0 Å². The number of pyridine rings is 1. The third-order valence-corrected chi connectivity index (χ3v) is 4.52. The van der Waals surface area contributed by atoms with E-state index in [0.717, 1.165) is 35.3 Å². The summed E-state index contributed by atoms with van der Waals surface area (Å²) in [6.45, 7) is 0. The maximum Gasteiger partial charge on any atom is 0.159 e. The van der Waals surface area contributed by atoms with Crippen molar-refractivity contribution in [2.24, 2.45) is 0 Å². The summed E-state index contributed by atoms with van der Waals surface area (Å²) in [6.07, 6.45) is 7.48. The highest BCUT2D eigenvalue weighted by atomic mass is 16.5. The van der Waals surface area contributed by atoms with E-state index in [4.69, 9.17) is 4.74 Å². The summed E-state index contributed by atoms with van der Waals surface area (Å²) in [5.41, 5.74) is 4.37. The average molecular weight is 341 g/mol. The molecule has 1 aliphatic rings. The van der Waals surface area contributed by atoms with Crippen molar-refractivity contribution in [1.82, 2.24) is 4.98 Å². The number of carbonyl (C=O) groups excluding carboxylic acids is 1. The van der Waals surface area contributed by atoms with Crippen molar-refractivity contribution in [3.05, 3.63) is 90.3 Å². The summed E-state index contributed by atoms with van der Waals surface area (Å²) in [7, 11) is 0. The third-order valence-electron chi connectivity index (χ3n) is 4.52. The Kier molecular flexibility index (Phi) is 4.61. The van der Waals surface area contributed by atoms with Gasteiger partial charge in [-0.3, -0.25) is 9.78 Å². The van der Waals surface area contributed by atoms with E-state index in [1.54, 1.807) is 18.5 Å². The lowest BCUT2D eigenvalue weighted by Gasteiger charge is -2.18. The summed E-state index contributed by atoms with van der Waals surface area (Å²) in [5.74, 6) is 1.45. The second-order valence-electron chi connectivity index (χ2n) is 6.35. The highest BCUT2D eigenvalue weighted by molar-refractivity contribution is 5.96. The number of aromatic nitrogens is 1. The maximum atomic E-state index is 12.2. The van der Waals surface area contributed by atoms with Gasteiger partial charge in [-0.25, -0.2) is 0 Å². The molecule has 0 bridgehead atoms. The molecule has 0 atom stereocenters. The fourth-order valence-electron chi connectivity index (χ4n) is 3.20. The molecule has 0 aliphatic heterocycles. The lowest BCUT2D eigenvalue weighted by molar-refractivity contribution is -0.114. The van der Waals surface area contributed by atoms with E-state index in [2.05, 4.69) is 23.2 Å². The van der Waals surface area contributed by atoms with E-state index in [1.807, 2.05) is 42.5 Å². The van der Waals surface area contributed by atoms with Gasteiger partial charge in [0.25, 0.3) is 0 Å². The maximum absolute atomic E-state index is 12.2. The smallest absolute Gasteiger partial charge is 0.159 e. The Labute approximate surface area is 153 Å². The van der Waals surface area contributed by atoms with Crippen molar-refractivity contribution in [2.45, 2.75) is 19.3 Å². The van der Waals surface area contributed by atoms with Crippen LogP contribution in [-0.2, 0) is 11.2 Å². The molecule has 0 amide bonds. The molecule has 26 heavy (non-hydrogen) atoms. The normalized spacial score (nSPS) is 14.0. The van der Waals surface area contributed by atoms with Crippen molar-refractivity contribution < 1.29 is 9.53 Å². The van der Waals surface area contributed by atoms with Crippen molar-refractivity contribution in [3.63, 3.8) is 0 Å². The molecule has 0 fully saturated rings. The number of allylic oxidation sites excluding steroid dienone is 1. The molecule has 0 unspecified atom stereocenters. The van der Waals surface area contributed by atoms with Gasteiger partial charge >= 0.3 is 0 Å². The van der Waals surface area contributed by atoms with Gasteiger partial charge in [-0.2, -0.15) is 0 Å². The number of hydrogen-bond acceptors (Lipinski definition) is 3. The first-order chi connectivity index (χ1) is 12.8. The number of rotatable bonds is 3. The summed E-state index contributed by atoms with van der Waals surface area (Å²) in [6, 6.07) is 19.9. The van der Waals surface area contributed by atoms with Crippen LogP contribution >= 0.6 is 0 Å². The molecule has 0 radical (unpaired) electrons. The molecule has 0 spiro atoms. The lowest BCUT2D eigenvalue weighted by Crippen LogP contribution is -2.07. The van der Waals surface area contributed by atoms with Gasteiger partial charge in [0.2, 0.25) is 0 Å². The van der Waals surface area contributed by atoms with Crippen LogP contribution in [-0.4, -0.2) is 10.8 Å². The van der Waals surface area contributed by atoms with Crippen LogP contribution in [0.3, 0.4) is 0 Å². The van der Waals surface area contributed by atoms with Crippen molar-refractivity contribution >= 4 is 11.5 Å². The SMILES string of the molecule is O=C1C=C(Oc2ccccc2)c2cc(-c3ccncc3)ccc2CCC1. The van der Waals surface area contributed by atoms with E-state index in [-0.39, 0.29) is 5.78 Å². The minimum atomic E-state index is 0.107. The molecule has 0 saturated heterocycles. The van der Waals surface area contributed by atoms with E-state index in [1.165, 1.54) is 5.56 Å².